The standard InChI is InChI=1S/C11H15N3O3/c1-7(12)6-11(15)13-9-4-3-5-10(8(9)2)14(16)17/h3-5,7H,6,12H2,1-2H3,(H,13,15). The summed E-state index contributed by atoms with van der Waals surface area (Å²) in [7, 11) is 0. The molecule has 0 heterocycles. The van der Waals surface area contributed by atoms with E-state index in [1.807, 2.05) is 0 Å². The van der Waals surface area contributed by atoms with Crippen molar-refractivity contribution in [3.63, 3.8) is 0 Å². The Labute approximate surface area is 99.0 Å². The maximum Gasteiger partial charge on any atom is 0.274 e. The number of nitrogens with one attached hydrogen (secondary N) is 1. The zero-order valence-corrected chi connectivity index (χ0v) is 9.77. The van der Waals surface area contributed by atoms with Crippen LogP contribution in [0.1, 0.15) is 18.9 Å². The molecule has 0 fully saturated rings. The Morgan fingerprint density at radius 1 is 1.59 bits per heavy atom. The average molecular weight is 237 g/mol. The monoisotopic (exact) mass is 237 g/mol. The summed E-state index contributed by atoms with van der Waals surface area (Å²) in [6.07, 6.45) is 0.183. The molecule has 1 unspecified atom stereocenters. The second kappa shape index (κ2) is 5.40. The van der Waals surface area contributed by atoms with E-state index in [1.54, 1.807) is 19.9 Å². The number of rotatable bonds is 4. The molecule has 1 aromatic carbocycles. The van der Waals surface area contributed by atoms with Gasteiger partial charge >= 0.3 is 0 Å². The number of benzene rings is 1. The van der Waals surface area contributed by atoms with Gasteiger partial charge in [-0.15, -0.1) is 0 Å². The topological polar surface area (TPSA) is 98.3 Å². The van der Waals surface area contributed by atoms with Gasteiger partial charge in [-0.3, -0.25) is 14.9 Å². The Hall–Kier alpha value is -1.95. The van der Waals surface area contributed by atoms with E-state index in [1.165, 1.54) is 12.1 Å². The van der Waals surface area contributed by atoms with Crippen molar-refractivity contribution in [2.75, 3.05) is 5.32 Å². The van der Waals surface area contributed by atoms with Crippen molar-refractivity contribution in [2.24, 2.45) is 5.73 Å². The number of nitrogens with zero attached hydrogens (tertiary/aromatic N) is 1. The van der Waals surface area contributed by atoms with Gasteiger partial charge in [0, 0.05) is 18.5 Å². The maximum atomic E-state index is 11.5. The highest BCUT2D eigenvalue weighted by atomic mass is 16.6. The molecule has 0 saturated carbocycles. The van der Waals surface area contributed by atoms with Crippen LogP contribution in [0.5, 0.6) is 0 Å². The number of nitro groups is 1. The number of carbonyl (C=O) groups excluding carboxylic acids is 1. The van der Waals surface area contributed by atoms with Gasteiger partial charge in [0.2, 0.25) is 5.91 Å². The first-order chi connectivity index (χ1) is 7.91. The number of nitrogens with two attached hydrogens (primary N) is 1. The third kappa shape index (κ3) is 3.53. The molecule has 0 aliphatic carbocycles. The zero-order chi connectivity index (χ0) is 13.0. The first-order valence-corrected chi connectivity index (χ1v) is 5.21. The Morgan fingerprint density at radius 2 is 2.24 bits per heavy atom. The van der Waals surface area contributed by atoms with Crippen LogP contribution >= 0.6 is 0 Å². The van der Waals surface area contributed by atoms with Gasteiger partial charge in [0.1, 0.15) is 0 Å². The molecule has 0 aliphatic rings. The van der Waals surface area contributed by atoms with Gasteiger partial charge < -0.3 is 11.1 Å². The SMILES string of the molecule is Cc1c(NC(=O)CC(C)N)cccc1[N+](=O)[O-]. The average Bonchev–Trinajstić information content (AvgIpc) is 2.19. The maximum absolute atomic E-state index is 11.5. The number of nitro benzene ring substituents is 1. The van der Waals surface area contributed by atoms with E-state index in [0.717, 1.165) is 0 Å². The molecule has 1 rings (SSSR count). The van der Waals surface area contributed by atoms with Gasteiger partial charge in [0.05, 0.1) is 16.2 Å². The molecule has 0 saturated heterocycles. The first kappa shape index (κ1) is 13.1. The normalized spacial score (nSPS) is 11.9. The minimum Gasteiger partial charge on any atom is -0.327 e. The predicted octanol–water partition coefficient (Wildman–Crippen LogP) is 1.58. The molecule has 0 radical (unpaired) electrons. The number of amides is 1. The second-order valence-electron chi connectivity index (χ2n) is 3.94. The van der Waals surface area contributed by atoms with Gasteiger partial charge in [-0.05, 0) is 19.9 Å². The molecule has 0 aliphatic heterocycles. The molecule has 3 N–H and O–H groups in total. The van der Waals surface area contributed by atoms with E-state index in [2.05, 4.69) is 5.32 Å². The smallest absolute Gasteiger partial charge is 0.274 e. The van der Waals surface area contributed by atoms with E-state index < -0.39 is 4.92 Å². The van der Waals surface area contributed by atoms with Crippen LogP contribution in [0.15, 0.2) is 18.2 Å². The van der Waals surface area contributed by atoms with Crippen LogP contribution in [-0.2, 0) is 4.79 Å². The number of carbonyl (C=O) groups is 1. The Bertz CT molecular complexity index is 444. The summed E-state index contributed by atoms with van der Waals surface area (Å²) >= 11 is 0. The minimum absolute atomic E-state index is 0.0106. The lowest BCUT2D eigenvalue weighted by molar-refractivity contribution is -0.385. The van der Waals surface area contributed by atoms with E-state index in [9.17, 15) is 14.9 Å². The molecule has 17 heavy (non-hydrogen) atoms. The van der Waals surface area contributed by atoms with Crippen LogP contribution < -0.4 is 11.1 Å². The first-order valence-electron chi connectivity index (χ1n) is 5.21. The fraction of sp³-hybridized carbons (Fsp3) is 0.364. The van der Waals surface area contributed by atoms with Gasteiger partial charge in [0.15, 0.2) is 0 Å². The molecule has 0 aromatic heterocycles. The van der Waals surface area contributed by atoms with Crippen LogP contribution in [0.4, 0.5) is 11.4 Å². The van der Waals surface area contributed by atoms with Gasteiger partial charge in [0.25, 0.3) is 5.69 Å². The van der Waals surface area contributed by atoms with Crippen molar-refractivity contribution in [1.82, 2.24) is 0 Å². The van der Waals surface area contributed by atoms with Gasteiger partial charge in [-0.1, -0.05) is 6.07 Å². The Morgan fingerprint density at radius 3 is 2.76 bits per heavy atom. The Balaban J connectivity index is 2.89. The second-order valence-corrected chi connectivity index (χ2v) is 3.94. The zero-order valence-electron chi connectivity index (χ0n) is 9.77. The van der Waals surface area contributed by atoms with E-state index in [-0.39, 0.29) is 24.1 Å². The van der Waals surface area contributed by atoms with E-state index >= 15 is 0 Å². The third-order valence-corrected chi connectivity index (χ3v) is 2.28. The molecule has 0 spiro atoms. The highest BCUT2D eigenvalue weighted by Gasteiger charge is 2.15. The van der Waals surface area contributed by atoms with Crippen LogP contribution in [-0.4, -0.2) is 16.9 Å². The fourth-order valence-electron chi connectivity index (χ4n) is 1.45. The summed E-state index contributed by atoms with van der Waals surface area (Å²) in [5, 5.41) is 13.3. The summed E-state index contributed by atoms with van der Waals surface area (Å²) < 4.78 is 0. The Kier molecular flexibility index (Phi) is 4.17. The molecular formula is C11H15N3O3. The summed E-state index contributed by atoms with van der Waals surface area (Å²) in [6.45, 7) is 3.32. The van der Waals surface area contributed by atoms with Crippen LogP contribution in [0.2, 0.25) is 0 Å². The third-order valence-electron chi connectivity index (χ3n) is 2.28. The molecule has 92 valence electrons. The van der Waals surface area contributed by atoms with Gasteiger partial charge in [-0.25, -0.2) is 0 Å². The largest absolute Gasteiger partial charge is 0.327 e. The van der Waals surface area contributed by atoms with Crippen LogP contribution in [0, 0.1) is 17.0 Å². The molecule has 6 nitrogen and oxygen atoms in total. The molecular weight excluding hydrogens is 222 g/mol. The summed E-state index contributed by atoms with van der Waals surface area (Å²) in [4.78, 5) is 21.7. The van der Waals surface area contributed by atoms with Crippen molar-refractivity contribution in [2.45, 2.75) is 26.3 Å². The molecule has 0 bridgehead atoms. The number of hydrogen-bond acceptors (Lipinski definition) is 4. The quantitative estimate of drug-likeness (QED) is 0.613. The minimum atomic E-state index is -0.476. The van der Waals surface area contributed by atoms with Crippen molar-refractivity contribution in [1.29, 1.82) is 0 Å². The lowest BCUT2D eigenvalue weighted by atomic mass is 10.1. The van der Waals surface area contributed by atoms with Gasteiger partial charge in [-0.2, -0.15) is 0 Å². The molecule has 1 aromatic rings. The van der Waals surface area contributed by atoms with Crippen molar-refractivity contribution >= 4 is 17.3 Å². The lowest BCUT2D eigenvalue weighted by Gasteiger charge is -2.09. The highest BCUT2D eigenvalue weighted by Crippen LogP contribution is 2.25. The van der Waals surface area contributed by atoms with Crippen molar-refractivity contribution < 1.29 is 9.72 Å². The summed E-state index contributed by atoms with van der Waals surface area (Å²) in [6, 6.07) is 4.32. The highest BCUT2D eigenvalue weighted by molar-refractivity contribution is 5.92. The summed E-state index contributed by atoms with van der Waals surface area (Å²) in [5.74, 6) is -0.247. The van der Waals surface area contributed by atoms with E-state index in [0.29, 0.717) is 11.3 Å². The van der Waals surface area contributed by atoms with Crippen LogP contribution in [0.3, 0.4) is 0 Å². The van der Waals surface area contributed by atoms with Crippen molar-refractivity contribution in [3.05, 3.63) is 33.9 Å². The molecule has 1 atom stereocenters. The molecule has 6 heteroatoms. The number of anilines is 1. The fourth-order valence-corrected chi connectivity index (χ4v) is 1.45. The predicted molar refractivity (Wildman–Crippen MR) is 64.7 cm³/mol. The van der Waals surface area contributed by atoms with Crippen molar-refractivity contribution in [3.8, 4) is 0 Å². The summed E-state index contributed by atoms with van der Waals surface area (Å²) in [5.41, 5.74) is 6.37. The molecule has 1 amide bonds. The lowest BCUT2D eigenvalue weighted by Crippen LogP contribution is -2.24. The van der Waals surface area contributed by atoms with E-state index in [4.69, 9.17) is 5.73 Å². The van der Waals surface area contributed by atoms with Crippen LogP contribution in [0.25, 0.3) is 0 Å². The number of hydrogen-bond donors (Lipinski definition) is 2.